The van der Waals surface area contributed by atoms with Crippen molar-refractivity contribution in [2.24, 2.45) is 0 Å². The van der Waals surface area contributed by atoms with Crippen molar-refractivity contribution < 1.29 is 36.1 Å². The zero-order chi connectivity index (χ0) is 21.5. The summed E-state index contributed by atoms with van der Waals surface area (Å²) in [5.74, 6) is 3.25. The average molecular weight is 499 g/mol. The maximum atomic E-state index is 11.8. The first-order chi connectivity index (χ1) is 12.7. The molecule has 0 aromatic carbocycles. The van der Waals surface area contributed by atoms with Crippen LogP contribution in [0, 0.1) is 11.8 Å². The summed E-state index contributed by atoms with van der Waals surface area (Å²) in [4.78, 5) is 24.8. The maximum absolute atomic E-state index is 11.8. The zero-order valence-corrected chi connectivity index (χ0v) is 18.3. The molecule has 2 atom stereocenters. The number of alkyl halides is 4. The van der Waals surface area contributed by atoms with Crippen LogP contribution in [-0.4, -0.2) is 72.2 Å². The van der Waals surface area contributed by atoms with E-state index in [4.69, 9.17) is 60.3 Å². The van der Waals surface area contributed by atoms with Crippen LogP contribution in [0.2, 0.25) is 0 Å². The molecule has 9 nitrogen and oxygen atoms in total. The Morgan fingerprint density at radius 3 is 2.29 bits per heavy atom. The van der Waals surface area contributed by atoms with Crippen molar-refractivity contribution >= 4 is 75.9 Å². The number of rotatable bonds is 6. The van der Waals surface area contributed by atoms with Gasteiger partial charge in [0.15, 0.2) is 3.79 Å². The van der Waals surface area contributed by atoms with Gasteiger partial charge in [0.1, 0.15) is 0 Å². The van der Waals surface area contributed by atoms with Gasteiger partial charge in [-0.15, -0.1) is 17.5 Å². The van der Waals surface area contributed by atoms with Crippen LogP contribution in [0.3, 0.4) is 0 Å². The predicted molar refractivity (Wildman–Crippen MR) is 103 cm³/mol. The SMILES string of the molecule is CN1CC(=O)OB(C(C#CCCC(Cl)CC(Cl)(Cl)Cl)OS(=O)(=O)O)OC(=O)C1. The monoisotopic (exact) mass is 497 g/mol. The number of hydrogen-bond donors (Lipinski definition) is 1. The van der Waals surface area contributed by atoms with E-state index in [2.05, 4.69) is 16.0 Å². The minimum absolute atomic E-state index is 0.0528. The first-order valence-corrected chi connectivity index (χ1v) is 10.6. The highest BCUT2D eigenvalue weighted by molar-refractivity contribution is 7.81. The lowest BCUT2D eigenvalue weighted by Crippen LogP contribution is -2.48. The van der Waals surface area contributed by atoms with Crippen molar-refractivity contribution in [2.45, 2.75) is 34.4 Å². The lowest BCUT2D eigenvalue weighted by Gasteiger charge is -2.24. The molecule has 0 aromatic rings. The highest BCUT2D eigenvalue weighted by Crippen LogP contribution is 2.34. The molecule has 1 rings (SSSR count). The Kier molecular flexibility index (Phi) is 10.1. The van der Waals surface area contributed by atoms with Gasteiger partial charge in [0, 0.05) is 18.2 Å². The predicted octanol–water partition coefficient (Wildman–Crippen LogP) is 1.38. The molecule has 2 unspecified atom stereocenters. The second kappa shape index (κ2) is 11.1. The van der Waals surface area contributed by atoms with Crippen LogP contribution in [0.5, 0.6) is 0 Å². The van der Waals surface area contributed by atoms with Gasteiger partial charge in [-0.05, 0) is 13.5 Å². The van der Waals surface area contributed by atoms with E-state index in [0.717, 1.165) is 0 Å². The van der Waals surface area contributed by atoms with Crippen LogP contribution in [0.1, 0.15) is 19.3 Å². The van der Waals surface area contributed by atoms with E-state index in [0.29, 0.717) is 0 Å². The molecule has 1 saturated heterocycles. The average Bonchev–Trinajstić information content (AvgIpc) is 2.44. The second-order valence-corrected chi connectivity index (χ2v) is 9.92. The third-order valence-corrected chi connectivity index (χ3v) is 4.33. The summed E-state index contributed by atoms with van der Waals surface area (Å²) in [6, 6.07) is -1.78. The highest BCUT2D eigenvalue weighted by atomic mass is 35.6. The number of carbonyl (C=O) groups is 2. The lowest BCUT2D eigenvalue weighted by molar-refractivity contribution is -0.146. The minimum Gasteiger partial charge on any atom is -0.496 e. The van der Waals surface area contributed by atoms with Crippen molar-refractivity contribution in [1.29, 1.82) is 0 Å². The summed E-state index contributed by atoms with van der Waals surface area (Å²) in [5, 5.41) is -0.532. The molecule has 158 valence electrons. The summed E-state index contributed by atoms with van der Waals surface area (Å²) in [6.45, 7) is -0.495. The first kappa shape index (κ1) is 25.6. The van der Waals surface area contributed by atoms with Gasteiger partial charge in [-0.25, -0.2) is 4.18 Å². The van der Waals surface area contributed by atoms with E-state index in [-0.39, 0.29) is 32.4 Å². The Labute approximate surface area is 182 Å². The Balaban J connectivity index is 2.85. The maximum Gasteiger partial charge on any atom is 0.644 e. The van der Waals surface area contributed by atoms with Crippen LogP contribution < -0.4 is 0 Å². The summed E-state index contributed by atoms with van der Waals surface area (Å²) < 4.78 is 43.6. The molecule has 28 heavy (non-hydrogen) atoms. The third kappa shape index (κ3) is 11.5. The number of hydrogen-bond acceptors (Lipinski definition) is 8. The quantitative estimate of drug-likeness (QED) is 0.250. The molecule has 1 aliphatic heterocycles. The van der Waals surface area contributed by atoms with Crippen LogP contribution in [0.4, 0.5) is 0 Å². The van der Waals surface area contributed by atoms with Crippen LogP contribution >= 0.6 is 46.4 Å². The molecule has 0 saturated carbocycles. The van der Waals surface area contributed by atoms with Gasteiger partial charge >= 0.3 is 29.5 Å². The Hall–Kier alpha value is -0.445. The molecule has 1 heterocycles. The zero-order valence-electron chi connectivity index (χ0n) is 14.4. The van der Waals surface area contributed by atoms with Gasteiger partial charge in [-0.2, -0.15) is 8.42 Å². The Morgan fingerprint density at radius 2 is 1.82 bits per heavy atom. The van der Waals surface area contributed by atoms with Gasteiger partial charge in [0.05, 0.1) is 13.1 Å². The molecule has 0 aliphatic carbocycles. The molecule has 1 fully saturated rings. The molecule has 0 amide bonds. The molecule has 0 aromatic heterocycles. The van der Waals surface area contributed by atoms with Crippen LogP contribution in [0.25, 0.3) is 0 Å². The van der Waals surface area contributed by atoms with Gasteiger partial charge in [0.25, 0.3) is 0 Å². The fraction of sp³-hybridized carbons (Fsp3) is 0.692. The standard InChI is InChI=1S/C13H16BCl4NO8S/c1-19-7-11(20)25-14(26-12(21)8-19)10(27-28(22,23)24)5-3-2-4-9(15)6-13(16,17)18/h9-10H,2,4,6-8H2,1H3,(H,22,23,24). The number of halogens is 4. The Morgan fingerprint density at radius 1 is 1.29 bits per heavy atom. The minimum atomic E-state index is -4.99. The van der Waals surface area contributed by atoms with Crippen molar-refractivity contribution in [2.75, 3.05) is 20.1 Å². The smallest absolute Gasteiger partial charge is 0.496 e. The van der Waals surface area contributed by atoms with Gasteiger partial charge in [-0.3, -0.25) is 19.0 Å². The number of nitrogens with zero attached hydrogens (tertiary/aromatic N) is 1. The number of likely N-dealkylation sites (N-methyl/N-ethyl adjacent to an activating group) is 1. The van der Waals surface area contributed by atoms with E-state index in [1.165, 1.54) is 11.9 Å². The van der Waals surface area contributed by atoms with E-state index in [9.17, 15) is 18.0 Å². The lowest BCUT2D eigenvalue weighted by atomic mass is 9.80. The Bertz CT molecular complexity index is 715. The normalized spacial score (nSPS) is 18.9. The summed E-state index contributed by atoms with van der Waals surface area (Å²) in [5.41, 5.74) is 0. The number of carbonyl (C=O) groups excluding carboxylic acids is 2. The second-order valence-electron chi connectivity index (χ2n) is 5.74. The van der Waals surface area contributed by atoms with Crippen molar-refractivity contribution in [1.82, 2.24) is 4.90 Å². The van der Waals surface area contributed by atoms with E-state index in [1.807, 2.05) is 0 Å². The van der Waals surface area contributed by atoms with E-state index in [1.54, 1.807) is 0 Å². The molecule has 1 N–H and O–H groups in total. The molecule has 15 heteroatoms. The molecular formula is C13H16BCl4NO8S. The van der Waals surface area contributed by atoms with Crippen molar-refractivity contribution in [3.63, 3.8) is 0 Å². The molecule has 0 radical (unpaired) electrons. The summed E-state index contributed by atoms with van der Waals surface area (Å²) in [7, 11) is -5.31. The summed E-state index contributed by atoms with van der Waals surface area (Å²) in [6.07, 6.45) is 0.449. The van der Waals surface area contributed by atoms with Crippen molar-refractivity contribution in [3.05, 3.63) is 0 Å². The van der Waals surface area contributed by atoms with Crippen molar-refractivity contribution in [3.8, 4) is 11.8 Å². The molecule has 0 spiro atoms. The fourth-order valence-corrected chi connectivity index (χ4v) is 3.54. The first-order valence-electron chi connectivity index (χ1n) is 7.67. The van der Waals surface area contributed by atoms with E-state index >= 15 is 0 Å². The van der Waals surface area contributed by atoms with Gasteiger partial charge in [-0.1, -0.05) is 40.7 Å². The third-order valence-electron chi connectivity index (χ3n) is 3.05. The molecular weight excluding hydrogens is 483 g/mol. The van der Waals surface area contributed by atoms with Crippen LogP contribution in [-0.2, 0) is 33.5 Å². The largest absolute Gasteiger partial charge is 0.644 e. The van der Waals surface area contributed by atoms with Gasteiger partial charge in [0.2, 0.25) is 6.00 Å². The fourth-order valence-electron chi connectivity index (χ4n) is 2.00. The topological polar surface area (TPSA) is 119 Å². The highest BCUT2D eigenvalue weighted by Gasteiger charge is 2.42. The summed E-state index contributed by atoms with van der Waals surface area (Å²) >= 11 is 22.9. The van der Waals surface area contributed by atoms with Gasteiger partial charge < -0.3 is 9.31 Å². The molecule has 1 aliphatic rings. The van der Waals surface area contributed by atoms with Crippen LogP contribution in [0.15, 0.2) is 0 Å². The van der Waals surface area contributed by atoms with E-state index < -0.39 is 44.6 Å². The molecule has 0 bridgehead atoms.